The van der Waals surface area contributed by atoms with Crippen molar-refractivity contribution in [3.05, 3.63) is 0 Å². The molecule has 20 heavy (non-hydrogen) atoms. The van der Waals surface area contributed by atoms with Crippen molar-refractivity contribution in [2.24, 2.45) is 0 Å². The Hall–Kier alpha value is -0.710. The summed E-state index contributed by atoms with van der Waals surface area (Å²) in [6, 6.07) is 0. The predicted octanol–water partition coefficient (Wildman–Crippen LogP) is 2.18. The monoisotopic (exact) mass is 298 g/mol. The summed E-state index contributed by atoms with van der Waals surface area (Å²) < 4.78 is 0.163. The molecule has 0 spiro atoms. The number of hydrogen-bond donors (Lipinski definition) is 1. The van der Waals surface area contributed by atoms with Crippen LogP contribution in [-0.2, 0) is 9.59 Å². The van der Waals surface area contributed by atoms with Gasteiger partial charge in [-0.2, -0.15) is 11.8 Å². The molecule has 0 aromatic heterocycles. The summed E-state index contributed by atoms with van der Waals surface area (Å²) in [6.07, 6.45) is 4.14. The molecule has 1 unspecified atom stereocenters. The highest BCUT2D eigenvalue weighted by Crippen LogP contribution is 2.39. The largest absolute Gasteiger partial charge is 0.342 e. The van der Waals surface area contributed by atoms with Crippen LogP contribution in [0, 0.1) is 0 Å². The third-order valence-electron chi connectivity index (χ3n) is 4.72. The van der Waals surface area contributed by atoms with Crippen molar-refractivity contribution in [2.45, 2.75) is 63.2 Å². The van der Waals surface area contributed by atoms with Crippen LogP contribution in [0.4, 0.5) is 0 Å². The Kier molecular flexibility index (Phi) is 4.67. The second-order valence-electron chi connectivity index (χ2n) is 6.22. The first kappa shape index (κ1) is 15.7. The lowest BCUT2D eigenvalue weighted by molar-refractivity contribution is -0.139. The van der Waals surface area contributed by atoms with Gasteiger partial charge in [0, 0.05) is 24.3 Å². The lowest BCUT2D eigenvalue weighted by Gasteiger charge is -2.37. The number of carbonyl (C=O) groups is 2. The van der Waals surface area contributed by atoms with Gasteiger partial charge in [-0.25, -0.2) is 0 Å². The van der Waals surface area contributed by atoms with Crippen LogP contribution in [0.3, 0.4) is 0 Å². The molecular formula is C15H26N2O2S. The lowest BCUT2D eigenvalue weighted by atomic mass is 9.90. The maximum absolute atomic E-state index is 12.9. The van der Waals surface area contributed by atoms with E-state index in [1.165, 1.54) is 12.2 Å². The fourth-order valence-corrected chi connectivity index (χ4v) is 4.59. The minimum absolute atomic E-state index is 0.00813. The summed E-state index contributed by atoms with van der Waals surface area (Å²) >= 11 is 1.96. The third-order valence-corrected chi connectivity index (χ3v) is 6.24. The standard InChI is InChI=1S/C15H26N2O2S/c1-4-15(5-2)13(19)17(9-7-12(18)16-15)11-14(3)8-6-10-20-14/h4-11H2,1-3H3,(H,16,18). The molecule has 0 saturated carbocycles. The molecule has 0 aromatic rings. The Balaban J connectivity index is 2.19. The topological polar surface area (TPSA) is 49.4 Å². The molecule has 5 heteroatoms. The van der Waals surface area contributed by atoms with E-state index in [0.717, 1.165) is 13.0 Å². The van der Waals surface area contributed by atoms with E-state index in [-0.39, 0.29) is 16.6 Å². The van der Waals surface area contributed by atoms with Crippen LogP contribution < -0.4 is 5.32 Å². The molecule has 2 rings (SSSR count). The number of thioether (sulfide) groups is 1. The summed E-state index contributed by atoms with van der Waals surface area (Å²) in [5.74, 6) is 1.30. The predicted molar refractivity (Wildman–Crippen MR) is 82.7 cm³/mol. The second-order valence-corrected chi connectivity index (χ2v) is 7.90. The lowest BCUT2D eigenvalue weighted by Crippen LogP contribution is -2.57. The minimum Gasteiger partial charge on any atom is -0.342 e. The van der Waals surface area contributed by atoms with Gasteiger partial charge in [0.1, 0.15) is 5.54 Å². The van der Waals surface area contributed by atoms with Crippen LogP contribution in [0.15, 0.2) is 0 Å². The molecule has 2 heterocycles. The van der Waals surface area contributed by atoms with E-state index in [1.54, 1.807) is 0 Å². The number of rotatable bonds is 4. The minimum atomic E-state index is -0.687. The van der Waals surface area contributed by atoms with E-state index in [1.807, 2.05) is 30.5 Å². The van der Waals surface area contributed by atoms with Crippen LogP contribution in [0.5, 0.6) is 0 Å². The van der Waals surface area contributed by atoms with Gasteiger partial charge in [-0.1, -0.05) is 13.8 Å². The zero-order chi connectivity index (χ0) is 14.8. The summed E-state index contributed by atoms with van der Waals surface area (Å²) in [5, 5.41) is 2.97. The SMILES string of the molecule is CCC1(CC)NC(=O)CCN(CC2(C)CCCS2)C1=O. The van der Waals surface area contributed by atoms with Crippen LogP contribution in [-0.4, -0.2) is 45.8 Å². The van der Waals surface area contributed by atoms with Gasteiger partial charge in [0.2, 0.25) is 11.8 Å². The van der Waals surface area contributed by atoms with E-state index in [9.17, 15) is 9.59 Å². The van der Waals surface area contributed by atoms with Crippen molar-refractivity contribution >= 4 is 23.6 Å². The van der Waals surface area contributed by atoms with Crippen molar-refractivity contribution in [1.29, 1.82) is 0 Å². The molecule has 4 nitrogen and oxygen atoms in total. The van der Waals surface area contributed by atoms with Crippen molar-refractivity contribution in [3.8, 4) is 0 Å². The summed E-state index contributed by atoms with van der Waals surface area (Å²) in [4.78, 5) is 26.8. The zero-order valence-corrected chi connectivity index (χ0v) is 13.6. The average molecular weight is 298 g/mol. The smallest absolute Gasteiger partial charge is 0.248 e. The van der Waals surface area contributed by atoms with Crippen molar-refractivity contribution in [2.75, 3.05) is 18.8 Å². The fourth-order valence-electron chi connectivity index (χ4n) is 3.27. The first-order valence-electron chi connectivity index (χ1n) is 7.69. The number of nitrogens with zero attached hydrogens (tertiary/aromatic N) is 1. The second kappa shape index (κ2) is 5.96. The normalized spacial score (nSPS) is 30.2. The molecule has 0 radical (unpaired) electrons. The van der Waals surface area contributed by atoms with Gasteiger partial charge in [0.15, 0.2) is 0 Å². The molecule has 2 aliphatic heterocycles. The Labute approximate surface area is 126 Å². The highest BCUT2D eigenvalue weighted by Gasteiger charge is 2.44. The molecule has 2 fully saturated rings. The third kappa shape index (κ3) is 2.97. The van der Waals surface area contributed by atoms with Crippen LogP contribution in [0.1, 0.15) is 52.9 Å². The number of amides is 2. The van der Waals surface area contributed by atoms with Crippen molar-refractivity contribution < 1.29 is 9.59 Å². The molecular weight excluding hydrogens is 272 g/mol. The molecule has 2 aliphatic rings. The highest BCUT2D eigenvalue weighted by molar-refractivity contribution is 8.00. The number of nitrogens with one attached hydrogen (secondary N) is 1. The first-order valence-corrected chi connectivity index (χ1v) is 8.67. The maximum Gasteiger partial charge on any atom is 0.248 e. The molecule has 1 N–H and O–H groups in total. The zero-order valence-electron chi connectivity index (χ0n) is 12.8. The van der Waals surface area contributed by atoms with Gasteiger partial charge in [-0.3, -0.25) is 9.59 Å². The molecule has 2 amide bonds. The number of carbonyl (C=O) groups excluding carboxylic acids is 2. The quantitative estimate of drug-likeness (QED) is 0.865. The van der Waals surface area contributed by atoms with Gasteiger partial charge in [-0.15, -0.1) is 0 Å². The Bertz CT molecular complexity index is 387. The van der Waals surface area contributed by atoms with Crippen molar-refractivity contribution in [3.63, 3.8) is 0 Å². The van der Waals surface area contributed by atoms with Crippen molar-refractivity contribution in [1.82, 2.24) is 10.2 Å². The van der Waals surface area contributed by atoms with Gasteiger partial charge in [-0.05, 0) is 38.4 Å². The van der Waals surface area contributed by atoms with Gasteiger partial charge in [0.05, 0.1) is 0 Å². The van der Waals surface area contributed by atoms with Gasteiger partial charge in [0.25, 0.3) is 0 Å². The van der Waals surface area contributed by atoms with Gasteiger partial charge < -0.3 is 10.2 Å². The summed E-state index contributed by atoms with van der Waals surface area (Å²) in [5.41, 5.74) is -0.687. The molecule has 0 aromatic carbocycles. The Morgan fingerprint density at radius 2 is 2.00 bits per heavy atom. The first-order chi connectivity index (χ1) is 9.45. The molecule has 1 atom stereocenters. The molecule has 0 bridgehead atoms. The number of hydrogen-bond acceptors (Lipinski definition) is 3. The Morgan fingerprint density at radius 1 is 1.30 bits per heavy atom. The van der Waals surface area contributed by atoms with Crippen LogP contribution in [0.2, 0.25) is 0 Å². The van der Waals surface area contributed by atoms with E-state index >= 15 is 0 Å². The Morgan fingerprint density at radius 3 is 2.55 bits per heavy atom. The molecule has 114 valence electrons. The summed E-state index contributed by atoms with van der Waals surface area (Å²) in [6.45, 7) is 7.54. The molecule has 2 saturated heterocycles. The fraction of sp³-hybridized carbons (Fsp3) is 0.867. The van der Waals surface area contributed by atoms with E-state index in [4.69, 9.17) is 0 Å². The maximum atomic E-state index is 12.9. The summed E-state index contributed by atoms with van der Waals surface area (Å²) in [7, 11) is 0. The van der Waals surface area contributed by atoms with Crippen LogP contribution >= 0.6 is 11.8 Å². The highest BCUT2D eigenvalue weighted by atomic mass is 32.2. The van der Waals surface area contributed by atoms with Crippen LogP contribution in [0.25, 0.3) is 0 Å². The molecule has 0 aliphatic carbocycles. The van der Waals surface area contributed by atoms with E-state index < -0.39 is 5.54 Å². The van der Waals surface area contributed by atoms with Gasteiger partial charge >= 0.3 is 0 Å². The van der Waals surface area contributed by atoms with E-state index in [2.05, 4.69) is 12.2 Å². The average Bonchev–Trinajstić information content (AvgIpc) is 2.82. The van der Waals surface area contributed by atoms with E-state index in [0.29, 0.717) is 25.8 Å².